The quantitative estimate of drug-likeness (QED) is 0.583. The normalized spacial score (nSPS) is 10.8. The Labute approximate surface area is 145 Å². The highest BCUT2D eigenvalue weighted by Crippen LogP contribution is 2.26. The van der Waals surface area contributed by atoms with Gasteiger partial charge in [-0.2, -0.15) is 0 Å². The maximum Gasteiger partial charge on any atom is 0.198 e. The average Bonchev–Trinajstić information content (AvgIpc) is 3.21. The number of fused-ring (bicyclic) bond motifs is 1. The molecule has 0 aliphatic heterocycles. The molecule has 0 radical (unpaired) electrons. The third-order valence-electron chi connectivity index (χ3n) is 3.98. The number of hydrogen-bond donors (Lipinski definition) is 1. The summed E-state index contributed by atoms with van der Waals surface area (Å²) < 4.78 is 10.9. The van der Waals surface area contributed by atoms with Gasteiger partial charge >= 0.3 is 0 Å². The van der Waals surface area contributed by atoms with E-state index >= 15 is 0 Å². The zero-order chi connectivity index (χ0) is 17.1. The zero-order valence-corrected chi connectivity index (χ0v) is 13.8. The molecule has 0 unspecified atom stereocenters. The van der Waals surface area contributed by atoms with Crippen LogP contribution < -0.4 is 10.1 Å². The molecule has 0 spiro atoms. The number of anilines is 1. The van der Waals surface area contributed by atoms with Crippen LogP contribution in [-0.2, 0) is 6.54 Å². The van der Waals surface area contributed by atoms with Crippen LogP contribution in [0.25, 0.3) is 22.5 Å². The van der Waals surface area contributed by atoms with E-state index in [1.165, 1.54) is 0 Å². The van der Waals surface area contributed by atoms with E-state index in [9.17, 15) is 0 Å². The zero-order valence-electron chi connectivity index (χ0n) is 13.8. The molecule has 0 aliphatic rings. The minimum Gasteiger partial charge on any atom is -0.496 e. The lowest BCUT2D eigenvalue weighted by molar-refractivity contribution is 0.410. The summed E-state index contributed by atoms with van der Waals surface area (Å²) in [5, 5.41) is 4.37. The number of benzene rings is 2. The number of furan rings is 1. The lowest BCUT2D eigenvalue weighted by Gasteiger charge is -2.12. The van der Waals surface area contributed by atoms with Gasteiger partial charge in [0, 0.05) is 17.5 Å². The van der Waals surface area contributed by atoms with Crippen LogP contribution >= 0.6 is 0 Å². The number of ether oxygens (including phenoxy) is 1. The Balaban J connectivity index is 1.73. The van der Waals surface area contributed by atoms with E-state index in [-0.39, 0.29) is 0 Å². The summed E-state index contributed by atoms with van der Waals surface area (Å²) in [5.41, 5.74) is 1.93. The fourth-order valence-corrected chi connectivity index (χ4v) is 2.76. The molecule has 1 N–H and O–H groups in total. The van der Waals surface area contributed by atoms with E-state index in [4.69, 9.17) is 9.15 Å². The first kappa shape index (κ1) is 15.2. The Morgan fingerprint density at radius 1 is 0.960 bits per heavy atom. The average molecular weight is 331 g/mol. The van der Waals surface area contributed by atoms with Crippen LogP contribution in [0, 0.1) is 0 Å². The molecule has 25 heavy (non-hydrogen) atoms. The molecule has 124 valence electrons. The number of nitrogens with zero attached hydrogens (tertiary/aromatic N) is 2. The summed E-state index contributed by atoms with van der Waals surface area (Å²) in [6.07, 6.45) is 1.62. The van der Waals surface area contributed by atoms with Gasteiger partial charge in [0.05, 0.1) is 18.9 Å². The van der Waals surface area contributed by atoms with Gasteiger partial charge in [0.25, 0.3) is 0 Å². The molecule has 5 heteroatoms. The second-order valence-corrected chi connectivity index (χ2v) is 5.56. The first-order chi connectivity index (χ1) is 12.3. The van der Waals surface area contributed by atoms with Crippen molar-refractivity contribution in [1.82, 2.24) is 9.97 Å². The standard InChI is InChI=1S/C20H17N3O2/c1-24-17-10-5-2-7-14(17)13-21-19-15-8-3-4-9-16(15)22-20(23-19)18-11-6-12-25-18/h2-12H,13H2,1H3,(H,21,22,23). The molecule has 4 rings (SSSR count). The molecule has 0 fully saturated rings. The van der Waals surface area contributed by atoms with Crippen LogP contribution in [0.2, 0.25) is 0 Å². The van der Waals surface area contributed by atoms with Gasteiger partial charge in [-0.05, 0) is 30.3 Å². The summed E-state index contributed by atoms with van der Waals surface area (Å²) in [6.45, 7) is 0.600. The van der Waals surface area contributed by atoms with E-state index < -0.39 is 0 Å². The molecule has 4 aromatic rings. The molecule has 0 saturated heterocycles. The van der Waals surface area contributed by atoms with Gasteiger partial charge in [-0.1, -0.05) is 30.3 Å². The maximum atomic E-state index is 5.45. The molecule has 0 atom stereocenters. The van der Waals surface area contributed by atoms with Crippen molar-refractivity contribution in [1.29, 1.82) is 0 Å². The third kappa shape index (κ3) is 3.04. The summed E-state index contributed by atoms with van der Waals surface area (Å²) in [7, 11) is 1.67. The molecular formula is C20H17N3O2. The van der Waals surface area contributed by atoms with Crippen LogP contribution in [0.1, 0.15) is 5.56 Å². The van der Waals surface area contributed by atoms with Gasteiger partial charge in [-0.25, -0.2) is 9.97 Å². The molecule has 2 aromatic heterocycles. The molecule has 2 heterocycles. The van der Waals surface area contributed by atoms with Gasteiger partial charge < -0.3 is 14.5 Å². The van der Waals surface area contributed by atoms with Crippen molar-refractivity contribution in [3.63, 3.8) is 0 Å². The summed E-state index contributed by atoms with van der Waals surface area (Å²) in [4.78, 5) is 9.25. The molecule has 0 aliphatic carbocycles. The first-order valence-corrected chi connectivity index (χ1v) is 8.01. The number of aromatic nitrogens is 2. The molecule has 0 saturated carbocycles. The summed E-state index contributed by atoms with van der Waals surface area (Å²) in [5.74, 6) is 2.82. The van der Waals surface area contributed by atoms with Gasteiger partial charge in [0.15, 0.2) is 11.6 Å². The minimum atomic E-state index is 0.561. The summed E-state index contributed by atoms with van der Waals surface area (Å²) in [6, 6.07) is 19.5. The van der Waals surface area contributed by atoms with Gasteiger partial charge in [-0.3, -0.25) is 0 Å². The van der Waals surface area contributed by atoms with Crippen LogP contribution in [0.4, 0.5) is 5.82 Å². The van der Waals surface area contributed by atoms with Gasteiger partial charge in [0.2, 0.25) is 0 Å². The highest BCUT2D eigenvalue weighted by molar-refractivity contribution is 5.90. The van der Waals surface area contributed by atoms with Gasteiger partial charge in [-0.15, -0.1) is 0 Å². The predicted molar refractivity (Wildman–Crippen MR) is 97.6 cm³/mol. The number of para-hydroxylation sites is 2. The van der Waals surface area contributed by atoms with E-state index in [1.807, 2.05) is 60.7 Å². The SMILES string of the molecule is COc1ccccc1CNc1nc(-c2ccco2)nc2ccccc12. The minimum absolute atomic E-state index is 0.561. The third-order valence-corrected chi connectivity index (χ3v) is 3.98. The Morgan fingerprint density at radius 3 is 2.64 bits per heavy atom. The maximum absolute atomic E-state index is 5.45. The van der Waals surface area contributed by atoms with Crippen molar-refractivity contribution < 1.29 is 9.15 Å². The van der Waals surface area contributed by atoms with Crippen LogP contribution in [0.15, 0.2) is 71.3 Å². The molecule has 0 amide bonds. The van der Waals surface area contributed by atoms with E-state index in [2.05, 4.69) is 15.3 Å². The second-order valence-electron chi connectivity index (χ2n) is 5.56. The summed E-state index contributed by atoms with van der Waals surface area (Å²) >= 11 is 0. The number of rotatable bonds is 5. The number of methoxy groups -OCH3 is 1. The lowest BCUT2D eigenvalue weighted by Crippen LogP contribution is -2.05. The largest absolute Gasteiger partial charge is 0.496 e. The highest BCUT2D eigenvalue weighted by atomic mass is 16.5. The van der Waals surface area contributed by atoms with E-state index in [1.54, 1.807) is 13.4 Å². The highest BCUT2D eigenvalue weighted by Gasteiger charge is 2.11. The van der Waals surface area contributed by atoms with Crippen molar-refractivity contribution >= 4 is 16.7 Å². The van der Waals surface area contributed by atoms with Crippen LogP contribution in [-0.4, -0.2) is 17.1 Å². The topological polar surface area (TPSA) is 60.2 Å². The smallest absolute Gasteiger partial charge is 0.198 e. The monoisotopic (exact) mass is 331 g/mol. The van der Waals surface area contributed by atoms with E-state index in [0.29, 0.717) is 18.1 Å². The number of nitrogens with one attached hydrogen (secondary N) is 1. The van der Waals surface area contributed by atoms with Crippen molar-refractivity contribution in [3.05, 3.63) is 72.5 Å². The van der Waals surface area contributed by atoms with Crippen molar-refractivity contribution in [3.8, 4) is 17.3 Å². The van der Waals surface area contributed by atoms with Crippen molar-refractivity contribution in [2.24, 2.45) is 0 Å². The molecule has 5 nitrogen and oxygen atoms in total. The fourth-order valence-electron chi connectivity index (χ4n) is 2.76. The van der Waals surface area contributed by atoms with E-state index in [0.717, 1.165) is 28.0 Å². The van der Waals surface area contributed by atoms with Crippen LogP contribution in [0.5, 0.6) is 5.75 Å². The second kappa shape index (κ2) is 6.65. The Hall–Kier alpha value is -3.34. The molecular weight excluding hydrogens is 314 g/mol. The predicted octanol–water partition coefficient (Wildman–Crippen LogP) is 4.51. The van der Waals surface area contributed by atoms with Gasteiger partial charge in [0.1, 0.15) is 11.6 Å². The molecule has 2 aromatic carbocycles. The molecule has 0 bridgehead atoms. The number of hydrogen-bond acceptors (Lipinski definition) is 5. The fraction of sp³-hybridized carbons (Fsp3) is 0.100. The van der Waals surface area contributed by atoms with Crippen molar-refractivity contribution in [2.45, 2.75) is 6.54 Å². The Morgan fingerprint density at radius 2 is 1.80 bits per heavy atom. The lowest BCUT2D eigenvalue weighted by atomic mass is 10.2. The Bertz CT molecular complexity index is 997. The van der Waals surface area contributed by atoms with Crippen molar-refractivity contribution in [2.75, 3.05) is 12.4 Å². The van der Waals surface area contributed by atoms with Crippen LogP contribution in [0.3, 0.4) is 0 Å². The first-order valence-electron chi connectivity index (χ1n) is 8.01. The Kier molecular flexibility index (Phi) is 4.04.